The van der Waals surface area contributed by atoms with E-state index >= 15 is 0 Å². The summed E-state index contributed by atoms with van der Waals surface area (Å²) >= 11 is 0. The van der Waals surface area contributed by atoms with Crippen molar-refractivity contribution < 1.29 is 0 Å². The highest BCUT2D eigenvalue weighted by Gasteiger charge is 2.31. The van der Waals surface area contributed by atoms with Gasteiger partial charge < -0.3 is 0 Å². The van der Waals surface area contributed by atoms with Crippen molar-refractivity contribution in [2.75, 3.05) is 0 Å². The summed E-state index contributed by atoms with van der Waals surface area (Å²) in [6, 6.07) is 0.430. The van der Waals surface area contributed by atoms with Crippen LogP contribution in [0.1, 0.15) is 27.2 Å². The van der Waals surface area contributed by atoms with E-state index in [0.29, 0.717) is 12.0 Å². The fraction of sp³-hybridized carbons (Fsp3) is 0.583. The summed E-state index contributed by atoms with van der Waals surface area (Å²) in [6.07, 6.45) is 9.89. The van der Waals surface area contributed by atoms with Crippen LogP contribution in [-0.2, 0) is 0 Å². The first-order valence-electron chi connectivity index (χ1n) is 4.99. The average molecular weight is 175 g/mol. The number of fused-ring (bicyclic) bond motifs is 1. The third kappa shape index (κ3) is 1.60. The van der Waals surface area contributed by atoms with Gasteiger partial charge in [0.25, 0.3) is 0 Å². The van der Waals surface area contributed by atoms with Crippen LogP contribution in [0.4, 0.5) is 0 Å². The van der Waals surface area contributed by atoms with Gasteiger partial charge >= 0.3 is 0 Å². The van der Waals surface area contributed by atoms with Gasteiger partial charge in [-0.2, -0.15) is 0 Å². The van der Waals surface area contributed by atoms with E-state index in [9.17, 15) is 0 Å². The average Bonchev–Trinajstić information content (AvgIpc) is 2.45. The highest BCUT2D eigenvalue weighted by Crippen LogP contribution is 2.33. The third-order valence-electron chi connectivity index (χ3n) is 2.82. The molecule has 1 heteroatoms. The first kappa shape index (κ1) is 8.74. The van der Waals surface area contributed by atoms with Gasteiger partial charge in [0.05, 0.1) is 6.04 Å². The molecule has 2 atom stereocenters. The molecule has 0 amide bonds. The predicted molar refractivity (Wildman–Crippen MR) is 57.1 cm³/mol. The Kier molecular flexibility index (Phi) is 1.90. The van der Waals surface area contributed by atoms with Crippen LogP contribution >= 0.6 is 0 Å². The third-order valence-corrected chi connectivity index (χ3v) is 2.82. The largest absolute Gasteiger partial charge is 0.285 e. The van der Waals surface area contributed by atoms with Crippen LogP contribution in [0.3, 0.4) is 0 Å². The van der Waals surface area contributed by atoms with Crippen LogP contribution < -0.4 is 0 Å². The fourth-order valence-corrected chi connectivity index (χ4v) is 1.92. The van der Waals surface area contributed by atoms with Crippen molar-refractivity contribution in [3.8, 4) is 0 Å². The Balaban J connectivity index is 2.20. The molecule has 1 nitrogen and oxygen atoms in total. The maximum atomic E-state index is 4.76. The molecule has 1 heterocycles. The highest BCUT2D eigenvalue weighted by molar-refractivity contribution is 5.91. The Bertz CT molecular complexity index is 289. The van der Waals surface area contributed by atoms with Crippen LogP contribution in [-0.4, -0.2) is 11.8 Å². The normalized spacial score (nSPS) is 31.8. The van der Waals surface area contributed by atoms with Crippen molar-refractivity contribution in [3.63, 3.8) is 0 Å². The van der Waals surface area contributed by atoms with Crippen molar-refractivity contribution in [2.24, 2.45) is 16.3 Å². The molecule has 0 spiro atoms. The topological polar surface area (TPSA) is 12.4 Å². The van der Waals surface area contributed by atoms with Gasteiger partial charge in [-0.05, 0) is 11.8 Å². The second-order valence-electron chi connectivity index (χ2n) is 4.95. The first-order valence-corrected chi connectivity index (χ1v) is 4.99. The molecule has 1 aliphatic heterocycles. The van der Waals surface area contributed by atoms with Gasteiger partial charge in [0.15, 0.2) is 0 Å². The quantitative estimate of drug-likeness (QED) is 0.536. The molecule has 0 bridgehead atoms. The molecule has 0 aromatic carbocycles. The molecule has 0 aromatic rings. The molecule has 0 saturated heterocycles. The lowest BCUT2D eigenvalue weighted by Gasteiger charge is -2.18. The Morgan fingerprint density at radius 2 is 1.92 bits per heavy atom. The van der Waals surface area contributed by atoms with E-state index in [4.69, 9.17) is 4.99 Å². The second-order valence-corrected chi connectivity index (χ2v) is 4.95. The molecule has 2 rings (SSSR count). The Hall–Kier alpha value is -0.850. The van der Waals surface area contributed by atoms with Gasteiger partial charge in [-0.25, -0.2) is 0 Å². The van der Waals surface area contributed by atoms with Gasteiger partial charge in [0, 0.05) is 11.6 Å². The molecule has 70 valence electrons. The van der Waals surface area contributed by atoms with Crippen molar-refractivity contribution in [1.29, 1.82) is 0 Å². The Labute approximate surface area is 80.3 Å². The maximum Gasteiger partial charge on any atom is 0.0748 e. The summed E-state index contributed by atoms with van der Waals surface area (Å²) in [6.45, 7) is 6.74. The van der Waals surface area contributed by atoms with E-state index in [2.05, 4.69) is 45.1 Å². The van der Waals surface area contributed by atoms with E-state index in [1.165, 1.54) is 5.71 Å². The molecule has 0 radical (unpaired) electrons. The minimum absolute atomic E-state index is 0.249. The summed E-state index contributed by atoms with van der Waals surface area (Å²) in [5.41, 5.74) is 1.62. The number of rotatable bonds is 0. The van der Waals surface area contributed by atoms with Crippen LogP contribution in [0, 0.1) is 11.3 Å². The van der Waals surface area contributed by atoms with Crippen LogP contribution in [0.5, 0.6) is 0 Å². The highest BCUT2D eigenvalue weighted by atomic mass is 14.9. The molecular formula is C12H17N. The lowest BCUT2D eigenvalue weighted by Crippen LogP contribution is -2.18. The van der Waals surface area contributed by atoms with Crippen molar-refractivity contribution in [3.05, 3.63) is 24.3 Å². The zero-order chi connectivity index (χ0) is 9.47. The summed E-state index contributed by atoms with van der Waals surface area (Å²) < 4.78 is 0. The lowest BCUT2D eigenvalue weighted by molar-refractivity contribution is 0.574. The predicted octanol–water partition coefficient (Wildman–Crippen LogP) is 2.99. The van der Waals surface area contributed by atoms with Gasteiger partial charge in [0.2, 0.25) is 0 Å². The van der Waals surface area contributed by atoms with Crippen LogP contribution in [0.15, 0.2) is 29.3 Å². The van der Waals surface area contributed by atoms with E-state index in [1.54, 1.807) is 0 Å². The number of allylic oxidation sites excluding steroid dienone is 2. The zero-order valence-corrected chi connectivity index (χ0v) is 8.62. The second kappa shape index (κ2) is 2.83. The molecule has 2 unspecified atom stereocenters. The molecule has 0 fully saturated rings. The zero-order valence-electron chi connectivity index (χ0n) is 8.62. The fourth-order valence-electron chi connectivity index (χ4n) is 1.92. The minimum Gasteiger partial charge on any atom is -0.285 e. The van der Waals surface area contributed by atoms with E-state index < -0.39 is 0 Å². The molecule has 2 aliphatic rings. The van der Waals surface area contributed by atoms with Gasteiger partial charge in [-0.1, -0.05) is 45.1 Å². The number of nitrogens with zero attached hydrogens (tertiary/aromatic N) is 1. The SMILES string of the molecule is CC(C)(C)C1=NC2C=CC=CC2C1. The van der Waals surface area contributed by atoms with Crippen molar-refractivity contribution in [2.45, 2.75) is 33.2 Å². The van der Waals surface area contributed by atoms with Gasteiger partial charge in [-0.15, -0.1) is 0 Å². The van der Waals surface area contributed by atoms with Crippen molar-refractivity contribution >= 4 is 5.71 Å². The molecule has 13 heavy (non-hydrogen) atoms. The van der Waals surface area contributed by atoms with E-state index in [1.807, 2.05) is 0 Å². The van der Waals surface area contributed by atoms with Crippen LogP contribution in [0.2, 0.25) is 0 Å². The summed E-state index contributed by atoms with van der Waals surface area (Å²) in [5, 5.41) is 0. The summed E-state index contributed by atoms with van der Waals surface area (Å²) in [4.78, 5) is 4.76. The Morgan fingerprint density at radius 3 is 2.54 bits per heavy atom. The Morgan fingerprint density at radius 1 is 1.23 bits per heavy atom. The first-order chi connectivity index (χ1) is 6.07. The number of hydrogen-bond acceptors (Lipinski definition) is 1. The maximum absolute atomic E-state index is 4.76. The van der Waals surface area contributed by atoms with E-state index in [-0.39, 0.29) is 5.41 Å². The summed E-state index contributed by atoms with van der Waals surface area (Å²) in [7, 11) is 0. The molecule has 0 N–H and O–H groups in total. The van der Waals surface area contributed by atoms with E-state index in [0.717, 1.165) is 6.42 Å². The summed E-state index contributed by atoms with van der Waals surface area (Å²) in [5.74, 6) is 0.638. The van der Waals surface area contributed by atoms with Gasteiger partial charge in [0.1, 0.15) is 0 Å². The number of aliphatic imine (C=N–C) groups is 1. The van der Waals surface area contributed by atoms with Gasteiger partial charge in [-0.3, -0.25) is 4.99 Å². The standard InChI is InChI=1S/C12H17N/c1-12(2,3)11-8-9-6-4-5-7-10(9)13-11/h4-7,9-10H,8H2,1-3H3. The monoisotopic (exact) mass is 175 g/mol. The van der Waals surface area contributed by atoms with Crippen molar-refractivity contribution in [1.82, 2.24) is 0 Å². The molecular weight excluding hydrogens is 158 g/mol. The molecule has 0 saturated carbocycles. The molecule has 1 aliphatic carbocycles. The smallest absolute Gasteiger partial charge is 0.0748 e. The molecule has 0 aromatic heterocycles. The number of hydrogen-bond donors (Lipinski definition) is 0. The van der Waals surface area contributed by atoms with Crippen LogP contribution in [0.25, 0.3) is 0 Å². The minimum atomic E-state index is 0.249. The lowest BCUT2D eigenvalue weighted by atomic mass is 9.85.